The van der Waals surface area contributed by atoms with Crippen LogP contribution in [0, 0.1) is 11.8 Å². The Morgan fingerprint density at radius 3 is 2.62 bits per heavy atom. The third-order valence-corrected chi connectivity index (χ3v) is 2.72. The van der Waals surface area contributed by atoms with E-state index in [4.69, 9.17) is 0 Å². The number of hydrogen-bond donors (Lipinski definition) is 0. The van der Waals surface area contributed by atoms with Gasteiger partial charge in [0.15, 0.2) is 0 Å². The molecule has 0 N–H and O–H groups in total. The molecule has 1 fully saturated rings. The van der Waals surface area contributed by atoms with Crippen LogP contribution in [0.3, 0.4) is 0 Å². The van der Waals surface area contributed by atoms with Gasteiger partial charge < -0.3 is 0 Å². The summed E-state index contributed by atoms with van der Waals surface area (Å²) in [5.74, 6) is 2.07. The normalized spacial score (nSPS) is 41.2. The minimum atomic E-state index is 1.00. The molecule has 0 saturated heterocycles. The molecule has 0 heterocycles. The van der Waals surface area contributed by atoms with Crippen LogP contribution in [0.5, 0.6) is 0 Å². The lowest BCUT2D eigenvalue weighted by Crippen LogP contribution is -2.10. The van der Waals surface area contributed by atoms with Crippen molar-refractivity contribution in [1.29, 1.82) is 0 Å². The van der Waals surface area contributed by atoms with Gasteiger partial charge in [0, 0.05) is 0 Å². The van der Waals surface area contributed by atoms with Crippen LogP contribution in [0.4, 0.5) is 0 Å². The average Bonchev–Trinajstić information content (AvgIpc) is 2.44. The van der Waals surface area contributed by atoms with Crippen LogP contribution in [0.2, 0.25) is 0 Å². The fourth-order valence-corrected chi connectivity index (χ4v) is 2.05. The molecule has 0 spiro atoms. The largest absolute Gasteiger partial charge is 0.0701 e. The van der Waals surface area contributed by atoms with Crippen LogP contribution < -0.4 is 0 Å². The zero-order chi connectivity index (χ0) is 5.72. The molecule has 0 amide bonds. The van der Waals surface area contributed by atoms with Gasteiger partial charge in [0.25, 0.3) is 0 Å². The molecule has 8 heavy (non-hydrogen) atoms. The first-order valence-corrected chi connectivity index (χ1v) is 3.54. The molecule has 0 heteroatoms. The maximum Gasteiger partial charge on any atom is -0.00973 e. The van der Waals surface area contributed by atoms with Crippen molar-refractivity contribution in [3.8, 4) is 0 Å². The highest BCUT2D eigenvalue weighted by atomic mass is 14.5. The standard InChI is InChI=1S/C8H12/c1-3-6-5(2)7-4-8(6)7/h6,8H,3-4H2,1-2H3. The van der Waals surface area contributed by atoms with Crippen LogP contribution in [-0.4, -0.2) is 0 Å². The van der Waals surface area contributed by atoms with Crippen molar-refractivity contribution in [3.63, 3.8) is 0 Å². The molecule has 0 aromatic carbocycles. The molecule has 2 rings (SSSR count). The van der Waals surface area contributed by atoms with Crippen LogP contribution in [0.15, 0.2) is 11.1 Å². The molecule has 0 aromatic heterocycles. The molecule has 2 unspecified atom stereocenters. The van der Waals surface area contributed by atoms with Crippen LogP contribution in [-0.2, 0) is 0 Å². The van der Waals surface area contributed by atoms with Crippen LogP contribution in [0.1, 0.15) is 26.7 Å². The summed E-state index contributed by atoms with van der Waals surface area (Å²) in [7, 11) is 0. The lowest BCUT2D eigenvalue weighted by atomic mass is 9.84. The minimum Gasteiger partial charge on any atom is -0.0701 e. The van der Waals surface area contributed by atoms with Crippen molar-refractivity contribution in [2.45, 2.75) is 26.7 Å². The Balaban J connectivity index is 2.18. The first kappa shape index (κ1) is 4.60. The van der Waals surface area contributed by atoms with Gasteiger partial charge in [0.05, 0.1) is 0 Å². The Hall–Kier alpha value is -0.260. The van der Waals surface area contributed by atoms with E-state index in [2.05, 4.69) is 13.8 Å². The van der Waals surface area contributed by atoms with Gasteiger partial charge in [-0.1, -0.05) is 18.1 Å². The van der Waals surface area contributed by atoms with Gasteiger partial charge in [-0.25, -0.2) is 0 Å². The summed E-state index contributed by atoms with van der Waals surface area (Å²) in [6.45, 7) is 4.59. The number of allylic oxidation sites excluding steroid dienone is 2. The Kier molecular flexibility index (Phi) is 0.677. The van der Waals surface area contributed by atoms with Gasteiger partial charge in [-0.05, 0) is 31.6 Å². The molecular formula is C8H12. The molecule has 0 aliphatic heterocycles. The predicted molar refractivity (Wildman–Crippen MR) is 34.6 cm³/mol. The second kappa shape index (κ2) is 1.18. The quantitative estimate of drug-likeness (QED) is 0.452. The van der Waals surface area contributed by atoms with E-state index in [-0.39, 0.29) is 0 Å². The SMILES string of the molecule is CCC1C(C)=C2CC21. The van der Waals surface area contributed by atoms with Crippen LogP contribution in [0.25, 0.3) is 0 Å². The first-order valence-electron chi connectivity index (χ1n) is 3.54. The van der Waals surface area contributed by atoms with Crippen LogP contribution >= 0.6 is 0 Å². The first-order chi connectivity index (χ1) is 3.84. The Morgan fingerprint density at radius 1 is 1.62 bits per heavy atom. The Morgan fingerprint density at radius 2 is 2.38 bits per heavy atom. The van der Waals surface area contributed by atoms with Gasteiger partial charge in [0.2, 0.25) is 0 Å². The maximum atomic E-state index is 2.30. The van der Waals surface area contributed by atoms with Gasteiger partial charge >= 0.3 is 0 Å². The third-order valence-electron chi connectivity index (χ3n) is 2.72. The van der Waals surface area contributed by atoms with Gasteiger partial charge in [-0.2, -0.15) is 0 Å². The van der Waals surface area contributed by atoms with E-state index in [1.165, 1.54) is 12.8 Å². The van der Waals surface area contributed by atoms with E-state index in [9.17, 15) is 0 Å². The molecular weight excluding hydrogens is 96.1 g/mol. The zero-order valence-corrected chi connectivity index (χ0v) is 5.57. The second-order valence-corrected chi connectivity index (χ2v) is 3.03. The Bertz CT molecular complexity index is 153. The molecule has 2 aliphatic carbocycles. The number of rotatable bonds is 1. The van der Waals surface area contributed by atoms with E-state index in [1.807, 2.05) is 0 Å². The number of fused-ring (bicyclic) bond motifs is 1. The lowest BCUT2D eigenvalue weighted by molar-refractivity contribution is 0.496. The van der Waals surface area contributed by atoms with E-state index >= 15 is 0 Å². The zero-order valence-electron chi connectivity index (χ0n) is 5.57. The van der Waals surface area contributed by atoms with Crippen molar-refractivity contribution >= 4 is 0 Å². The molecule has 0 nitrogen and oxygen atoms in total. The predicted octanol–water partition coefficient (Wildman–Crippen LogP) is 2.36. The molecule has 0 radical (unpaired) electrons. The van der Waals surface area contributed by atoms with Gasteiger partial charge in [0.1, 0.15) is 0 Å². The van der Waals surface area contributed by atoms with Crippen molar-refractivity contribution in [1.82, 2.24) is 0 Å². The van der Waals surface area contributed by atoms with Crippen molar-refractivity contribution in [3.05, 3.63) is 11.1 Å². The summed E-state index contributed by atoms with van der Waals surface area (Å²) in [4.78, 5) is 0. The van der Waals surface area contributed by atoms with E-state index < -0.39 is 0 Å². The summed E-state index contributed by atoms with van der Waals surface area (Å²) in [6, 6.07) is 0. The highest BCUT2D eigenvalue weighted by Gasteiger charge is 2.47. The molecule has 1 saturated carbocycles. The third kappa shape index (κ3) is 0.331. The van der Waals surface area contributed by atoms with E-state index in [0.29, 0.717) is 0 Å². The summed E-state index contributed by atoms with van der Waals surface area (Å²) in [5.41, 5.74) is 3.51. The smallest absolute Gasteiger partial charge is 0.00973 e. The highest BCUT2D eigenvalue weighted by Crippen LogP contribution is 2.59. The molecule has 2 aliphatic rings. The number of hydrogen-bond acceptors (Lipinski definition) is 0. The topological polar surface area (TPSA) is 0 Å². The fraction of sp³-hybridized carbons (Fsp3) is 0.750. The summed E-state index contributed by atoms with van der Waals surface area (Å²) in [6.07, 6.45) is 2.82. The fourth-order valence-electron chi connectivity index (χ4n) is 2.05. The molecule has 0 bridgehead atoms. The molecule has 2 atom stereocenters. The average molecular weight is 108 g/mol. The van der Waals surface area contributed by atoms with Crippen molar-refractivity contribution in [2.24, 2.45) is 11.8 Å². The maximum absolute atomic E-state index is 2.30. The summed E-state index contributed by atoms with van der Waals surface area (Å²) < 4.78 is 0. The monoisotopic (exact) mass is 108 g/mol. The van der Waals surface area contributed by atoms with Crippen molar-refractivity contribution in [2.75, 3.05) is 0 Å². The van der Waals surface area contributed by atoms with Gasteiger partial charge in [-0.3, -0.25) is 0 Å². The van der Waals surface area contributed by atoms with E-state index in [0.717, 1.165) is 11.8 Å². The lowest BCUT2D eigenvalue weighted by Gasteiger charge is -2.21. The van der Waals surface area contributed by atoms with Gasteiger partial charge in [-0.15, -0.1) is 0 Å². The summed E-state index contributed by atoms with van der Waals surface area (Å²) in [5, 5.41) is 0. The minimum absolute atomic E-state index is 1.00. The van der Waals surface area contributed by atoms with Crippen molar-refractivity contribution < 1.29 is 0 Å². The molecule has 0 aromatic rings. The molecule has 44 valence electrons. The Labute approximate surface area is 50.6 Å². The summed E-state index contributed by atoms with van der Waals surface area (Å²) >= 11 is 0. The highest BCUT2D eigenvalue weighted by molar-refractivity contribution is 5.43. The second-order valence-electron chi connectivity index (χ2n) is 3.03. The van der Waals surface area contributed by atoms with E-state index in [1.54, 1.807) is 11.1 Å².